The van der Waals surface area contributed by atoms with Crippen molar-refractivity contribution in [3.63, 3.8) is 0 Å². The Hall–Kier alpha value is -1.05. The molecule has 0 saturated carbocycles. The van der Waals surface area contributed by atoms with E-state index in [9.17, 15) is 18.1 Å². The molecule has 0 amide bonds. The van der Waals surface area contributed by atoms with E-state index in [0.717, 1.165) is 31.7 Å². The summed E-state index contributed by atoms with van der Waals surface area (Å²) in [7, 11) is -4.41. The first-order valence-corrected chi connectivity index (χ1v) is 9.40. The molecular formula is C18H21NaO5S. The van der Waals surface area contributed by atoms with Crippen LogP contribution in [0, 0.1) is 0 Å². The van der Waals surface area contributed by atoms with Crippen molar-refractivity contribution in [1.29, 1.82) is 0 Å². The average molecular weight is 372 g/mol. The van der Waals surface area contributed by atoms with Crippen molar-refractivity contribution in [2.45, 2.75) is 43.9 Å². The topological polar surface area (TPSA) is 86.7 Å². The van der Waals surface area contributed by atoms with Gasteiger partial charge in [-0.3, -0.25) is 4.55 Å². The molecule has 0 aliphatic rings. The van der Waals surface area contributed by atoms with E-state index in [-0.39, 0.29) is 46.0 Å². The Morgan fingerprint density at radius 3 is 2.36 bits per heavy atom. The van der Waals surface area contributed by atoms with Crippen molar-refractivity contribution in [3.05, 3.63) is 48.0 Å². The molecule has 0 aromatic heterocycles. The van der Waals surface area contributed by atoms with Crippen LogP contribution in [0.5, 0.6) is 17.2 Å². The molecule has 0 fully saturated rings. The number of para-hydroxylation sites is 1. The monoisotopic (exact) mass is 372 g/mol. The van der Waals surface area contributed by atoms with Crippen LogP contribution < -0.4 is 39.4 Å². The SMILES string of the molecule is CCCCCCc1cc(S(=O)(=O)O)cc(Oc2ccccc2)c1[O-].[Na+]. The van der Waals surface area contributed by atoms with E-state index in [1.54, 1.807) is 30.3 Å². The summed E-state index contributed by atoms with van der Waals surface area (Å²) in [6.07, 6.45) is 4.31. The second-order valence-electron chi connectivity index (χ2n) is 5.61. The Bertz CT molecular complexity index is 776. The third-order valence-electron chi connectivity index (χ3n) is 3.67. The van der Waals surface area contributed by atoms with E-state index in [4.69, 9.17) is 4.74 Å². The van der Waals surface area contributed by atoms with E-state index in [0.29, 0.717) is 17.7 Å². The van der Waals surface area contributed by atoms with E-state index in [1.165, 1.54) is 6.07 Å². The Labute approximate surface area is 171 Å². The van der Waals surface area contributed by atoms with Gasteiger partial charge in [-0.05, 0) is 31.0 Å². The fourth-order valence-corrected chi connectivity index (χ4v) is 2.95. The number of hydrogen-bond acceptors (Lipinski definition) is 4. The molecule has 0 aliphatic heterocycles. The normalized spacial score (nSPS) is 11.0. The summed E-state index contributed by atoms with van der Waals surface area (Å²) in [5.74, 6) is -0.0106. The minimum atomic E-state index is -4.41. The summed E-state index contributed by atoms with van der Waals surface area (Å²) < 4.78 is 37.8. The smallest absolute Gasteiger partial charge is 0.870 e. The van der Waals surface area contributed by atoms with Gasteiger partial charge in [0.05, 0.1) is 4.90 Å². The maximum atomic E-state index is 12.5. The minimum absolute atomic E-state index is 0. The molecule has 2 rings (SSSR count). The largest absolute Gasteiger partial charge is 1.00 e. The molecule has 0 heterocycles. The van der Waals surface area contributed by atoms with Crippen molar-refractivity contribution in [2.75, 3.05) is 0 Å². The summed E-state index contributed by atoms with van der Waals surface area (Å²) >= 11 is 0. The quantitative estimate of drug-likeness (QED) is 0.423. The number of benzene rings is 2. The summed E-state index contributed by atoms with van der Waals surface area (Å²) in [5.41, 5.74) is 0.340. The van der Waals surface area contributed by atoms with Crippen LogP contribution in [0.15, 0.2) is 47.4 Å². The van der Waals surface area contributed by atoms with Gasteiger partial charge < -0.3 is 9.84 Å². The molecule has 0 spiro atoms. The second kappa shape index (κ2) is 10.2. The van der Waals surface area contributed by atoms with Gasteiger partial charge in [0.2, 0.25) is 0 Å². The van der Waals surface area contributed by atoms with Gasteiger partial charge in [-0.2, -0.15) is 8.42 Å². The van der Waals surface area contributed by atoms with Crippen molar-refractivity contribution < 1.29 is 52.4 Å². The number of hydrogen-bond donors (Lipinski definition) is 1. The zero-order chi connectivity index (χ0) is 17.6. The number of rotatable bonds is 8. The summed E-state index contributed by atoms with van der Waals surface area (Å²) in [6, 6.07) is 10.9. The fourth-order valence-electron chi connectivity index (χ4n) is 2.40. The van der Waals surface area contributed by atoms with Crippen molar-refractivity contribution >= 4 is 10.1 Å². The molecule has 1 N–H and O–H groups in total. The molecule has 0 bridgehead atoms. The van der Waals surface area contributed by atoms with Crippen LogP contribution in [0.3, 0.4) is 0 Å². The second-order valence-corrected chi connectivity index (χ2v) is 7.03. The van der Waals surface area contributed by atoms with Gasteiger partial charge >= 0.3 is 29.6 Å². The standard InChI is InChI=1S/C18H22O5S.Na/c1-2-3-4-6-9-14-12-16(24(20,21)22)13-17(18(14)19)23-15-10-7-5-8-11-15;/h5,7-8,10-13,19H,2-4,6,9H2,1H3,(H,20,21,22);/q;+1/p-1. The van der Waals surface area contributed by atoms with Crippen LogP contribution in [0.4, 0.5) is 0 Å². The molecule has 2 aromatic rings. The molecule has 25 heavy (non-hydrogen) atoms. The molecule has 0 aliphatic carbocycles. The predicted molar refractivity (Wildman–Crippen MR) is 90.1 cm³/mol. The van der Waals surface area contributed by atoms with E-state index in [2.05, 4.69) is 6.92 Å². The molecule has 7 heteroatoms. The fraction of sp³-hybridized carbons (Fsp3) is 0.333. The average Bonchev–Trinajstić information content (AvgIpc) is 2.54. The molecule has 0 atom stereocenters. The van der Waals surface area contributed by atoms with E-state index in [1.807, 2.05) is 0 Å². The zero-order valence-corrected chi connectivity index (χ0v) is 17.4. The van der Waals surface area contributed by atoms with E-state index < -0.39 is 10.1 Å². The van der Waals surface area contributed by atoms with Gasteiger partial charge in [0.15, 0.2) is 0 Å². The van der Waals surface area contributed by atoms with Crippen LogP contribution in [0.1, 0.15) is 38.2 Å². The van der Waals surface area contributed by atoms with Gasteiger partial charge in [0.1, 0.15) is 11.5 Å². The minimum Gasteiger partial charge on any atom is -0.870 e. The summed E-state index contributed by atoms with van der Waals surface area (Å²) in [6.45, 7) is 2.09. The van der Waals surface area contributed by atoms with Crippen LogP contribution in [-0.4, -0.2) is 13.0 Å². The first-order chi connectivity index (χ1) is 11.4. The maximum absolute atomic E-state index is 12.5. The molecule has 5 nitrogen and oxygen atoms in total. The van der Waals surface area contributed by atoms with Crippen LogP contribution in [-0.2, 0) is 16.5 Å². The Kier molecular flexibility index (Phi) is 8.96. The molecule has 2 aromatic carbocycles. The first kappa shape index (κ1) is 22.0. The number of aryl methyl sites for hydroxylation is 1. The zero-order valence-electron chi connectivity index (χ0n) is 14.6. The number of ether oxygens (including phenoxy) is 1. The van der Waals surface area contributed by atoms with Crippen molar-refractivity contribution in [1.82, 2.24) is 0 Å². The first-order valence-electron chi connectivity index (χ1n) is 7.96. The van der Waals surface area contributed by atoms with Gasteiger partial charge in [-0.15, -0.1) is 0 Å². The van der Waals surface area contributed by atoms with Crippen LogP contribution >= 0.6 is 0 Å². The molecule has 0 saturated heterocycles. The predicted octanol–water partition coefficient (Wildman–Crippen LogP) is 0.926. The Morgan fingerprint density at radius 1 is 1.08 bits per heavy atom. The number of unbranched alkanes of at least 4 members (excludes halogenated alkanes) is 3. The van der Waals surface area contributed by atoms with Crippen molar-refractivity contribution in [2.24, 2.45) is 0 Å². The van der Waals surface area contributed by atoms with Gasteiger partial charge in [0.25, 0.3) is 10.1 Å². The molecule has 130 valence electrons. The van der Waals surface area contributed by atoms with E-state index >= 15 is 0 Å². The van der Waals surface area contributed by atoms with Gasteiger partial charge in [-0.25, -0.2) is 0 Å². The van der Waals surface area contributed by atoms with Gasteiger partial charge in [-0.1, -0.05) is 55.7 Å². The molecule has 0 radical (unpaired) electrons. The van der Waals surface area contributed by atoms with Crippen LogP contribution in [0.2, 0.25) is 0 Å². The molecule has 0 unspecified atom stereocenters. The Balaban J connectivity index is 0.00000312. The van der Waals surface area contributed by atoms with Crippen molar-refractivity contribution in [3.8, 4) is 17.2 Å². The maximum Gasteiger partial charge on any atom is 1.00 e. The van der Waals surface area contributed by atoms with Crippen LogP contribution in [0.25, 0.3) is 0 Å². The Morgan fingerprint density at radius 2 is 1.76 bits per heavy atom. The summed E-state index contributed by atoms with van der Waals surface area (Å²) in [5, 5.41) is 12.5. The molecular weight excluding hydrogens is 351 g/mol. The third kappa shape index (κ3) is 6.64. The third-order valence-corrected chi connectivity index (χ3v) is 4.51. The van der Waals surface area contributed by atoms with Gasteiger partial charge in [0, 0.05) is 6.07 Å². The summed E-state index contributed by atoms with van der Waals surface area (Å²) in [4.78, 5) is -0.321.